The molecule has 190 valence electrons. The highest BCUT2D eigenvalue weighted by molar-refractivity contribution is 5.77. The monoisotopic (exact) mass is 507 g/mol. The van der Waals surface area contributed by atoms with Crippen molar-refractivity contribution in [1.29, 1.82) is 0 Å². The molecule has 1 saturated heterocycles. The van der Waals surface area contributed by atoms with E-state index in [9.17, 15) is 23.1 Å². The Morgan fingerprint density at radius 1 is 1.11 bits per heavy atom. The number of carbonyl (C=O) groups is 1. The van der Waals surface area contributed by atoms with Crippen molar-refractivity contribution in [2.75, 3.05) is 13.2 Å². The number of benzene rings is 2. The molecule has 1 N–H and O–H groups in total. The Labute approximate surface area is 211 Å². The van der Waals surface area contributed by atoms with E-state index in [1.165, 1.54) is 6.07 Å². The van der Waals surface area contributed by atoms with Crippen LogP contribution in [0, 0.1) is 11.8 Å². The number of ether oxygens (including phenoxy) is 2. The van der Waals surface area contributed by atoms with Gasteiger partial charge in [0.2, 0.25) is 5.88 Å². The molecule has 3 aliphatic carbocycles. The molecule has 7 rings (SSSR count). The van der Waals surface area contributed by atoms with Gasteiger partial charge in [0.15, 0.2) is 0 Å². The average Bonchev–Trinajstić information content (AvgIpc) is 3.27. The standard InChI is InChI=1S/C29H24F3NO4/c30-29(31,32)23-4-2-1-3-17(23)20-10-28(13-36-14-28)22-6-5-15(7-18(20)22)12-37-24-9-16-8-19-25(21(16)11-33-24)26(19)27(34)35/h1-7,9,11,19-20,25-26H,8,10,12-14H2,(H,34,35). The molecule has 8 heteroatoms. The van der Waals surface area contributed by atoms with Gasteiger partial charge in [0.1, 0.15) is 6.61 Å². The predicted molar refractivity (Wildman–Crippen MR) is 126 cm³/mol. The molecule has 0 bridgehead atoms. The number of alkyl halides is 3. The molecule has 0 amide bonds. The molecular formula is C29H24F3NO4. The van der Waals surface area contributed by atoms with Crippen molar-refractivity contribution in [1.82, 2.24) is 4.98 Å². The first-order valence-corrected chi connectivity index (χ1v) is 12.5. The number of hydrogen-bond acceptors (Lipinski definition) is 4. The van der Waals surface area contributed by atoms with Crippen molar-refractivity contribution in [2.45, 2.75) is 42.9 Å². The number of carboxylic acid groups (broad SMARTS) is 1. The number of nitrogens with zero attached hydrogens (tertiary/aromatic N) is 1. The van der Waals surface area contributed by atoms with Gasteiger partial charge in [-0.2, -0.15) is 13.2 Å². The topological polar surface area (TPSA) is 68.7 Å². The van der Waals surface area contributed by atoms with Gasteiger partial charge in [-0.25, -0.2) is 4.98 Å². The normalized spacial score (nSPS) is 26.2. The minimum atomic E-state index is -4.42. The lowest BCUT2D eigenvalue weighted by Crippen LogP contribution is -2.45. The van der Waals surface area contributed by atoms with E-state index in [2.05, 4.69) is 4.98 Å². The Bertz CT molecular complexity index is 1430. The SMILES string of the molecule is O=C(O)C1C2Cc3cc(OCc4ccc5c(c4)C(c4ccccc4C(F)(F)F)CC54COC4)ncc3C21. The van der Waals surface area contributed by atoms with Crippen molar-refractivity contribution in [3.63, 3.8) is 0 Å². The number of carboxylic acids is 1. The fraction of sp³-hybridized carbons (Fsp3) is 0.379. The molecule has 3 aromatic rings. The summed E-state index contributed by atoms with van der Waals surface area (Å²) < 4.78 is 53.1. The van der Waals surface area contributed by atoms with E-state index < -0.39 is 17.7 Å². The summed E-state index contributed by atoms with van der Waals surface area (Å²) in [4.78, 5) is 15.7. The largest absolute Gasteiger partial charge is 0.481 e. The van der Waals surface area contributed by atoms with E-state index in [0.29, 0.717) is 31.1 Å². The van der Waals surface area contributed by atoms with Crippen LogP contribution in [-0.4, -0.2) is 29.3 Å². The Morgan fingerprint density at radius 2 is 1.92 bits per heavy atom. The molecule has 0 radical (unpaired) electrons. The van der Waals surface area contributed by atoms with E-state index in [0.717, 1.165) is 40.3 Å². The predicted octanol–water partition coefficient (Wildman–Crippen LogP) is 5.45. The first-order chi connectivity index (χ1) is 17.7. The molecule has 1 spiro atoms. The zero-order valence-electron chi connectivity index (χ0n) is 19.8. The quantitative estimate of drug-likeness (QED) is 0.497. The number of aliphatic carboxylic acids is 1. The smallest absolute Gasteiger partial charge is 0.416 e. The lowest BCUT2D eigenvalue weighted by atomic mass is 9.78. The van der Waals surface area contributed by atoms with Crippen LogP contribution in [0.25, 0.3) is 0 Å². The molecule has 2 fully saturated rings. The van der Waals surface area contributed by atoms with Crippen molar-refractivity contribution in [2.24, 2.45) is 11.8 Å². The van der Waals surface area contributed by atoms with Crippen molar-refractivity contribution in [3.05, 3.63) is 93.7 Å². The maximum Gasteiger partial charge on any atom is 0.416 e. The summed E-state index contributed by atoms with van der Waals surface area (Å²) in [5, 5.41) is 9.31. The van der Waals surface area contributed by atoms with Gasteiger partial charge in [-0.3, -0.25) is 4.79 Å². The van der Waals surface area contributed by atoms with Gasteiger partial charge < -0.3 is 14.6 Å². The van der Waals surface area contributed by atoms with E-state index in [1.807, 2.05) is 24.3 Å². The maximum absolute atomic E-state index is 13.9. The van der Waals surface area contributed by atoms with Crippen LogP contribution in [0.15, 0.2) is 54.7 Å². The Morgan fingerprint density at radius 3 is 2.65 bits per heavy atom. The van der Waals surface area contributed by atoms with Crippen LogP contribution >= 0.6 is 0 Å². The summed E-state index contributed by atoms with van der Waals surface area (Å²) in [6.45, 7) is 1.27. The second-order valence-corrected chi connectivity index (χ2v) is 10.8. The second-order valence-electron chi connectivity index (χ2n) is 10.8. The third-order valence-electron chi connectivity index (χ3n) is 8.71. The van der Waals surface area contributed by atoms with Crippen LogP contribution in [0.2, 0.25) is 0 Å². The van der Waals surface area contributed by atoms with Crippen LogP contribution in [0.1, 0.15) is 57.2 Å². The van der Waals surface area contributed by atoms with Crippen LogP contribution < -0.4 is 4.74 Å². The maximum atomic E-state index is 13.9. The molecule has 1 aliphatic heterocycles. The van der Waals surface area contributed by atoms with Gasteiger partial charge in [-0.1, -0.05) is 36.4 Å². The summed E-state index contributed by atoms with van der Waals surface area (Å²) in [5.74, 6) is -0.735. The van der Waals surface area contributed by atoms with E-state index in [-0.39, 0.29) is 35.7 Å². The summed E-state index contributed by atoms with van der Waals surface area (Å²) in [6, 6.07) is 13.7. The van der Waals surface area contributed by atoms with Crippen molar-refractivity contribution < 1.29 is 32.5 Å². The highest BCUT2D eigenvalue weighted by Crippen LogP contribution is 2.61. The number of hydrogen-bond donors (Lipinski definition) is 1. The van der Waals surface area contributed by atoms with E-state index in [4.69, 9.17) is 9.47 Å². The Hall–Kier alpha value is -3.39. The number of fused-ring (bicyclic) bond motifs is 5. The molecule has 37 heavy (non-hydrogen) atoms. The molecule has 2 aromatic carbocycles. The Kier molecular flexibility index (Phi) is 4.81. The average molecular weight is 508 g/mol. The summed E-state index contributed by atoms with van der Waals surface area (Å²) >= 11 is 0. The lowest BCUT2D eigenvalue weighted by Gasteiger charge is -2.39. The number of pyridine rings is 1. The Balaban J connectivity index is 1.15. The van der Waals surface area contributed by atoms with Gasteiger partial charge in [-0.15, -0.1) is 0 Å². The molecule has 4 aliphatic rings. The third-order valence-corrected chi connectivity index (χ3v) is 8.71. The number of aromatic nitrogens is 1. The van der Waals surface area contributed by atoms with Gasteiger partial charge in [-0.05, 0) is 58.2 Å². The van der Waals surface area contributed by atoms with Crippen LogP contribution in [-0.2, 0) is 34.2 Å². The zero-order valence-corrected chi connectivity index (χ0v) is 19.8. The lowest BCUT2D eigenvalue weighted by molar-refractivity contribution is -0.139. The second kappa shape index (κ2) is 7.81. The molecule has 1 saturated carbocycles. The molecule has 1 aromatic heterocycles. The number of halogens is 3. The molecular weight excluding hydrogens is 483 g/mol. The van der Waals surface area contributed by atoms with Crippen molar-refractivity contribution in [3.8, 4) is 5.88 Å². The minimum Gasteiger partial charge on any atom is -0.481 e. The van der Waals surface area contributed by atoms with E-state index in [1.54, 1.807) is 18.3 Å². The van der Waals surface area contributed by atoms with E-state index >= 15 is 0 Å². The molecule has 5 nitrogen and oxygen atoms in total. The fourth-order valence-corrected chi connectivity index (χ4v) is 6.88. The first-order valence-electron chi connectivity index (χ1n) is 12.5. The molecule has 4 unspecified atom stereocenters. The fourth-order valence-electron chi connectivity index (χ4n) is 6.88. The summed E-state index contributed by atoms with van der Waals surface area (Å²) in [5.41, 5.74) is 4.39. The van der Waals surface area contributed by atoms with Crippen molar-refractivity contribution >= 4 is 5.97 Å². The zero-order chi connectivity index (χ0) is 25.5. The highest BCUT2D eigenvalue weighted by Gasteiger charge is 2.60. The van der Waals surface area contributed by atoms with Gasteiger partial charge in [0, 0.05) is 29.5 Å². The van der Waals surface area contributed by atoms with Crippen LogP contribution in [0.5, 0.6) is 5.88 Å². The molecule has 2 heterocycles. The molecule has 4 atom stereocenters. The van der Waals surface area contributed by atoms with Gasteiger partial charge in [0.25, 0.3) is 0 Å². The highest BCUT2D eigenvalue weighted by atomic mass is 19.4. The first kappa shape index (κ1) is 22.8. The van der Waals surface area contributed by atoms with Crippen LogP contribution in [0.3, 0.4) is 0 Å². The summed E-state index contributed by atoms with van der Waals surface area (Å²) in [6.07, 6.45) is -1.38. The van der Waals surface area contributed by atoms with Gasteiger partial charge in [0.05, 0.1) is 24.7 Å². The van der Waals surface area contributed by atoms with Gasteiger partial charge >= 0.3 is 12.1 Å². The summed E-state index contributed by atoms with van der Waals surface area (Å²) in [7, 11) is 0. The number of rotatable bonds is 5. The minimum absolute atomic E-state index is 0.0603. The third kappa shape index (κ3) is 3.49. The van der Waals surface area contributed by atoms with Crippen LogP contribution in [0.4, 0.5) is 13.2 Å².